The van der Waals surface area contributed by atoms with Crippen LogP contribution in [0.15, 0.2) is 36.4 Å². The van der Waals surface area contributed by atoms with Crippen LogP contribution < -0.4 is 10.6 Å². The van der Waals surface area contributed by atoms with Gasteiger partial charge in [0.25, 0.3) is 0 Å². The first-order valence-corrected chi connectivity index (χ1v) is 8.81. The molecule has 2 amide bonds. The number of amides is 2. The van der Waals surface area contributed by atoms with Crippen LogP contribution in [0.4, 0.5) is 11.4 Å². The van der Waals surface area contributed by atoms with Crippen molar-refractivity contribution in [3.05, 3.63) is 57.0 Å². The standard InChI is InChI=1S/C18H15Cl3N2O2/c1-9-6-10(19)3-5-15(9)22-17(24)12-8-13(12)18(25)23-16-7-11(20)2-4-14(16)21/h2-7,12-13H,8H2,1H3,(H,22,24)(H,23,25). The number of carbonyl (C=O) groups excluding carboxylic acids is 2. The molecule has 0 saturated heterocycles. The summed E-state index contributed by atoms with van der Waals surface area (Å²) in [6.45, 7) is 1.86. The third kappa shape index (κ3) is 4.27. The fourth-order valence-corrected chi connectivity index (χ4v) is 3.15. The van der Waals surface area contributed by atoms with Crippen LogP contribution in [0.1, 0.15) is 12.0 Å². The van der Waals surface area contributed by atoms with E-state index in [-0.39, 0.29) is 23.7 Å². The summed E-state index contributed by atoms with van der Waals surface area (Å²) in [5.74, 6) is -1.14. The molecule has 130 valence electrons. The van der Waals surface area contributed by atoms with E-state index < -0.39 is 0 Å². The third-order valence-electron chi connectivity index (χ3n) is 4.10. The van der Waals surface area contributed by atoms with E-state index in [9.17, 15) is 9.59 Å². The summed E-state index contributed by atoms with van der Waals surface area (Å²) in [5, 5.41) is 7.05. The summed E-state index contributed by atoms with van der Waals surface area (Å²) in [4.78, 5) is 24.6. The number of aryl methyl sites for hydroxylation is 1. The Morgan fingerprint density at radius 1 is 0.880 bits per heavy atom. The minimum absolute atomic E-state index is 0.178. The van der Waals surface area contributed by atoms with E-state index in [1.54, 1.807) is 36.4 Å². The quantitative estimate of drug-likeness (QED) is 0.748. The molecule has 25 heavy (non-hydrogen) atoms. The molecule has 2 unspecified atom stereocenters. The molecule has 0 heterocycles. The fraction of sp³-hybridized carbons (Fsp3) is 0.222. The van der Waals surface area contributed by atoms with Gasteiger partial charge in [-0.3, -0.25) is 9.59 Å². The summed E-state index contributed by atoms with van der Waals surface area (Å²) in [6.07, 6.45) is 0.502. The highest BCUT2D eigenvalue weighted by Gasteiger charge is 2.48. The summed E-state index contributed by atoms with van der Waals surface area (Å²) >= 11 is 17.9. The molecule has 2 aromatic rings. The summed E-state index contributed by atoms with van der Waals surface area (Å²) in [6, 6.07) is 10.1. The minimum atomic E-state index is -0.373. The van der Waals surface area contributed by atoms with E-state index >= 15 is 0 Å². The minimum Gasteiger partial charge on any atom is -0.326 e. The van der Waals surface area contributed by atoms with E-state index in [2.05, 4.69) is 10.6 Å². The van der Waals surface area contributed by atoms with Gasteiger partial charge in [-0.15, -0.1) is 0 Å². The van der Waals surface area contributed by atoms with Crippen LogP contribution in [0.2, 0.25) is 15.1 Å². The van der Waals surface area contributed by atoms with Crippen molar-refractivity contribution in [1.82, 2.24) is 0 Å². The molecule has 3 rings (SSSR count). The molecule has 1 saturated carbocycles. The van der Waals surface area contributed by atoms with Gasteiger partial charge >= 0.3 is 0 Å². The van der Waals surface area contributed by atoms with Gasteiger partial charge in [0, 0.05) is 15.7 Å². The molecule has 2 atom stereocenters. The normalized spacial score (nSPS) is 18.6. The molecule has 0 aliphatic heterocycles. The van der Waals surface area contributed by atoms with Crippen LogP contribution in [0, 0.1) is 18.8 Å². The smallest absolute Gasteiger partial charge is 0.228 e. The van der Waals surface area contributed by atoms with Gasteiger partial charge in [-0.1, -0.05) is 34.8 Å². The second kappa shape index (κ2) is 7.24. The van der Waals surface area contributed by atoms with Crippen LogP contribution in [-0.4, -0.2) is 11.8 Å². The van der Waals surface area contributed by atoms with Gasteiger partial charge in [-0.2, -0.15) is 0 Å². The van der Waals surface area contributed by atoms with Crippen molar-refractivity contribution in [3.63, 3.8) is 0 Å². The second-order valence-corrected chi connectivity index (χ2v) is 7.29. The zero-order valence-corrected chi connectivity index (χ0v) is 15.5. The number of halogens is 3. The Hall–Kier alpha value is -1.75. The van der Waals surface area contributed by atoms with Crippen molar-refractivity contribution in [1.29, 1.82) is 0 Å². The van der Waals surface area contributed by atoms with Gasteiger partial charge in [0.1, 0.15) is 0 Å². The van der Waals surface area contributed by atoms with Crippen LogP contribution in [0.3, 0.4) is 0 Å². The first-order valence-electron chi connectivity index (χ1n) is 7.68. The van der Waals surface area contributed by atoms with Crippen molar-refractivity contribution in [2.75, 3.05) is 10.6 Å². The first kappa shape index (κ1) is 18.1. The SMILES string of the molecule is Cc1cc(Cl)ccc1NC(=O)C1CC1C(=O)Nc1cc(Cl)ccc1Cl. The van der Waals surface area contributed by atoms with Crippen molar-refractivity contribution >= 4 is 58.0 Å². The van der Waals surface area contributed by atoms with E-state index in [1.165, 1.54) is 0 Å². The van der Waals surface area contributed by atoms with Gasteiger partial charge in [-0.05, 0) is 55.3 Å². The second-order valence-electron chi connectivity index (χ2n) is 6.01. The number of hydrogen-bond acceptors (Lipinski definition) is 2. The number of carbonyl (C=O) groups is 2. The van der Waals surface area contributed by atoms with E-state index in [0.717, 1.165) is 5.56 Å². The highest BCUT2D eigenvalue weighted by atomic mass is 35.5. The lowest BCUT2D eigenvalue weighted by Crippen LogP contribution is -2.21. The van der Waals surface area contributed by atoms with Crippen LogP contribution >= 0.6 is 34.8 Å². The third-order valence-corrected chi connectivity index (χ3v) is 4.90. The number of anilines is 2. The first-order chi connectivity index (χ1) is 11.8. The van der Waals surface area contributed by atoms with Gasteiger partial charge < -0.3 is 10.6 Å². The van der Waals surface area contributed by atoms with E-state index in [4.69, 9.17) is 34.8 Å². The van der Waals surface area contributed by atoms with Crippen molar-refractivity contribution in [3.8, 4) is 0 Å². The van der Waals surface area contributed by atoms with E-state index in [0.29, 0.717) is 32.9 Å². The Bertz CT molecular complexity index is 854. The molecular weight excluding hydrogens is 383 g/mol. The number of rotatable bonds is 4. The largest absolute Gasteiger partial charge is 0.326 e. The van der Waals surface area contributed by atoms with Gasteiger partial charge in [0.05, 0.1) is 22.5 Å². The van der Waals surface area contributed by atoms with Crippen LogP contribution in [-0.2, 0) is 9.59 Å². The Morgan fingerprint density at radius 2 is 1.44 bits per heavy atom. The lowest BCUT2D eigenvalue weighted by Gasteiger charge is -2.09. The topological polar surface area (TPSA) is 58.2 Å². The molecule has 0 radical (unpaired) electrons. The molecule has 0 spiro atoms. The Labute approximate surface area is 160 Å². The Balaban J connectivity index is 1.60. The average molecular weight is 398 g/mol. The highest BCUT2D eigenvalue weighted by molar-refractivity contribution is 6.35. The summed E-state index contributed by atoms with van der Waals surface area (Å²) in [5.41, 5.74) is 2.00. The predicted octanol–water partition coefficient (Wildman–Crippen LogP) is 5.17. The Morgan fingerprint density at radius 3 is 2.08 bits per heavy atom. The fourth-order valence-electron chi connectivity index (χ4n) is 2.59. The number of benzene rings is 2. The number of hydrogen-bond donors (Lipinski definition) is 2. The maximum Gasteiger partial charge on any atom is 0.228 e. The van der Waals surface area contributed by atoms with Crippen molar-refractivity contribution < 1.29 is 9.59 Å². The van der Waals surface area contributed by atoms with Crippen molar-refractivity contribution in [2.45, 2.75) is 13.3 Å². The Kier molecular flexibility index (Phi) is 5.23. The molecule has 4 nitrogen and oxygen atoms in total. The highest BCUT2D eigenvalue weighted by Crippen LogP contribution is 2.41. The zero-order chi connectivity index (χ0) is 18.1. The van der Waals surface area contributed by atoms with Crippen LogP contribution in [0.5, 0.6) is 0 Å². The summed E-state index contributed by atoms with van der Waals surface area (Å²) < 4.78 is 0. The molecular formula is C18H15Cl3N2O2. The van der Waals surface area contributed by atoms with Gasteiger partial charge in [0.2, 0.25) is 11.8 Å². The lowest BCUT2D eigenvalue weighted by atomic mass is 10.2. The molecule has 2 N–H and O–H groups in total. The molecule has 1 aliphatic rings. The van der Waals surface area contributed by atoms with Gasteiger partial charge in [0.15, 0.2) is 0 Å². The van der Waals surface area contributed by atoms with Gasteiger partial charge in [-0.25, -0.2) is 0 Å². The zero-order valence-electron chi connectivity index (χ0n) is 13.3. The molecule has 1 aliphatic carbocycles. The van der Waals surface area contributed by atoms with E-state index in [1.807, 2.05) is 6.92 Å². The summed E-state index contributed by atoms with van der Waals surface area (Å²) in [7, 11) is 0. The lowest BCUT2D eigenvalue weighted by molar-refractivity contribution is -0.122. The predicted molar refractivity (Wildman–Crippen MR) is 102 cm³/mol. The molecule has 0 aromatic heterocycles. The molecule has 0 bridgehead atoms. The molecule has 2 aromatic carbocycles. The number of nitrogens with one attached hydrogen (secondary N) is 2. The van der Waals surface area contributed by atoms with Crippen LogP contribution in [0.25, 0.3) is 0 Å². The monoisotopic (exact) mass is 396 g/mol. The molecule has 7 heteroatoms. The molecule has 1 fully saturated rings. The maximum atomic E-state index is 12.3. The average Bonchev–Trinajstić information content (AvgIpc) is 3.34. The maximum absolute atomic E-state index is 12.3. The van der Waals surface area contributed by atoms with Crippen molar-refractivity contribution in [2.24, 2.45) is 11.8 Å².